The minimum Gasteiger partial charge on any atom is -0.492 e. The lowest BCUT2D eigenvalue weighted by molar-refractivity contribution is -0.158. The molecule has 4 rings (SSSR count). The van der Waals surface area contributed by atoms with Gasteiger partial charge in [-0.1, -0.05) is 39.0 Å². The van der Waals surface area contributed by atoms with Gasteiger partial charge in [-0.05, 0) is 57.4 Å². The third-order valence-electron chi connectivity index (χ3n) is 8.43. The van der Waals surface area contributed by atoms with E-state index < -0.39 is 35.4 Å². The van der Waals surface area contributed by atoms with Crippen molar-refractivity contribution < 1.29 is 23.8 Å². The molecule has 0 radical (unpaired) electrons. The van der Waals surface area contributed by atoms with E-state index in [1.807, 2.05) is 45.0 Å². The molecule has 2 bridgehead atoms. The lowest BCUT2D eigenvalue weighted by atomic mass is 9.70. The summed E-state index contributed by atoms with van der Waals surface area (Å²) in [6.45, 7) is 12.6. The van der Waals surface area contributed by atoms with Crippen LogP contribution in [0.4, 0.5) is 0 Å². The normalized spacial score (nSPS) is 32.1. The van der Waals surface area contributed by atoms with Crippen molar-refractivity contribution in [3.8, 4) is 5.75 Å². The number of carbonyl (C=O) groups excluding carboxylic acids is 2. The average Bonchev–Trinajstić information content (AvgIpc) is 3.08. The van der Waals surface area contributed by atoms with Crippen LogP contribution in [0.25, 0.3) is 0 Å². The number of hydrogen-bond acceptors (Lipinski definition) is 6. The predicted molar refractivity (Wildman–Crippen MR) is 126 cm³/mol. The standard InChI is InChI=1S/C27H37NO5/c1-25(2,3)33-24(30)22(28-20-14-16-12-13-27(20,6)26(16,4)5)21-17-10-8-9-11-19(17)32-15-18(21)23(29)31-7/h8-11,16,18,21-22H,12-15H2,1-7H3/t16?,18-,21?,22+,27?/m1/s1. The summed E-state index contributed by atoms with van der Waals surface area (Å²) in [6.07, 6.45) is 3.14. The van der Waals surface area contributed by atoms with Gasteiger partial charge in [0.25, 0.3) is 0 Å². The lowest BCUT2D eigenvalue weighted by Crippen LogP contribution is -2.44. The van der Waals surface area contributed by atoms with E-state index in [1.54, 1.807) is 0 Å². The third-order valence-corrected chi connectivity index (χ3v) is 8.43. The van der Waals surface area contributed by atoms with Gasteiger partial charge in [0.1, 0.15) is 23.9 Å². The number of aliphatic imine (C=N–C) groups is 1. The molecule has 0 aromatic heterocycles. The molecule has 3 aliphatic rings. The molecule has 1 aromatic carbocycles. The molecule has 6 nitrogen and oxygen atoms in total. The van der Waals surface area contributed by atoms with E-state index in [1.165, 1.54) is 13.5 Å². The van der Waals surface area contributed by atoms with Crippen LogP contribution in [0.2, 0.25) is 0 Å². The molecule has 6 heteroatoms. The Kier molecular flexibility index (Phi) is 5.86. The molecule has 1 aliphatic heterocycles. The number of para-hydroxylation sites is 1. The molecule has 2 fully saturated rings. The maximum absolute atomic E-state index is 13.7. The van der Waals surface area contributed by atoms with Crippen molar-refractivity contribution in [1.82, 2.24) is 0 Å². The fourth-order valence-electron chi connectivity index (χ4n) is 6.08. The van der Waals surface area contributed by atoms with Gasteiger partial charge in [0.05, 0.1) is 7.11 Å². The second-order valence-electron chi connectivity index (χ2n) is 11.6. The van der Waals surface area contributed by atoms with Crippen molar-refractivity contribution in [3.05, 3.63) is 29.8 Å². The summed E-state index contributed by atoms with van der Waals surface area (Å²) in [5.74, 6) is -0.742. The first-order valence-electron chi connectivity index (χ1n) is 12.0. The molecule has 5 atom stereocenters. The van der Waals surface area contributed by atoms with Crippen molar-refractivity contribution in [3.63, 3.8) is 0 Å². The molecule has 2 aliphatic carbocycles. The van der Waals surface area contributed by atoms with E-state index in [-0.39, 0.29) is 17.4 Å². The fraction of sp³-hybridized carbons (Fsp3) is 0.667. The van der Waals surface area contributed by atoms with Crippen molar-refractivity contribution in [2.45, 2.75) is 78.4 Å². The van der Waals surface area contributed by atoms with Gasteiger partial charge in [-0.3, -0.25) is 9.79 Å². The molecular weight excluding hydrogens is 418 g/mol. The number of ether oxygens (including phenoxy) is 3. The summed E-state index contributed by atoms with van der Waals surface area (Å²) in [5.41, 5.74) is 1.26. The summed E-state index contributed by atoms with van der Waals surface area (Å²) in [7, 11) is 1.37. The average molecular weight is 456 g/mol. The summed E-state index contributed by atoms with van der Waals surface area (Å²) in [6, 6.07) is 6.73. The van der Waals surface area contributed by atoms with E-state index in [9.17, 15) is 9.59 Å². The van der Waals surface area contributed by atoms with Crippen LogP contribution in [0.5, 0.6) is 5.75 Å². The van der Waals surface area contributed by atoms with Crippen LogP contribution >= 0.6 is 0 Å². The van der Waals surface area contributed by atoms with Gasteiger partial charge < -0.3 is 14.2 Å². The molecule has 0 saturated heterocycles. The van der Waals surface area contributed by atoms with Gasteiger partial charge in [0.2, 0.25) is 0 Å². The maximum Gasteiger partial charge on any atom is 0.332 e. The van der Waals surface area contributed by atoms with Crippen molar-refractivity contribution in [1.29, 1.82) is 0 Å². The van der Waals surface area contributed by atoms with Crippen LogP contribution in [0.1, 0.15) is 72.3 Å². The number of rotatable bonds is 4. The topological polar surface area (TPSA) is 74.2 Å². The monoisotopic (exact) mass is 455 g/mol. The van der Waals surface area contributed by atoms with Gasteiger partial charge in [-0.15, -0.1) is 0 Å². The Balaban J connectivity index is 1.84. The van der Waals surface area contributed by atoms with Gasteiger partial charge >= 0.3 is 11.9 Å². The number of benzene rings is 1. The van der Waals surface area contributed by atoms with E-state index >= 15 is 0 Å². The van der Waals surface area contributed by atoms with Crippen molar-refractivity contribution in [2.24, 2.45) is 27.7 Å². The quantitative estimate of drug-likeness (QED) is 0.601. The summed E-state index contributed by atoms with van der Waals surface area (Å²) >= 11 is 0. The summed E-state index contributed by atoms with van der Waals surface area (Å²) in [5, 5.41) is 0. The Bertz CT molecular complexity index is 975. The minimum absolute atomic E-state index is 0.0661. The Hall–Kier alpha value is -2.37. The number of esters is 2. The van der Waals surface area contributed by atoms with E-state index in [4.69, 9.17) is 19.2 Å². The number of fused-ring (bicyclic) bond motifs is 3. The molecule has 33 heavy (non-hydrogen) atoms. The van der Waals surface area contributed by atoms with E-state index in [0.29, 0.717) is 11.7 Å². The van der Waals surface area contributed by atoms with Crippen LogP contribution in [0.15, 0.2) is 29.3 Å². The molecule has 180 valence electrons. The second kappa shape index (κ2) is 8.14. The highest BCUT2D eigenvalue weighted by Gasteiger charge is 2.60. The van der Waals surface area contributed by atoms with Crippen LogP contribution in [-0.2, 0) is 19.1 Å². The first kappa shape index (κ1) is 23.8. The van der Waals surface area contributed by atoms with Gasteiger partial charge in [0.15, 0.2) is 6.04 Å². The van der Waals surface area contributed by atoms with Crippen LogP contribution in [0.3, 0.4) is 0 Å². The molecule has 0 N–H and O–H groups in total. The molecule has 0 amide bonds. The van der Waals surface area contributed by atoms with Crippen LogP contribution < -0.4 is 4.74 Å². The predicted octanol–water partition coefficient (Wildman–Crippen LogP) is 4.95. The Labute approximate surface area is 197 Å². The molecule has 1 heterocycles. The Morgan fingerprint density at radius 1 is 1.18 bits per heavy atom. The SMILES string of the molecule is COC(=O)[C@@H]1COc2ccccc2C1[C@H](N=C1CC2CCC1(C)C2(C)C)C(=O)OC(C)(C)C. The second-order valence-corrected chi connectivity index (χ2v) is 11.6. The Morgan fingerprint density at radius 3 is 2.45 bits per heavy atom. The highest BCUT2D eigenvalue weighted by Crippen LogP contribution is 2.64. The molecule has 0 spiro atoms. The summed E-state index contributed by atoms with van der Waals surface area (Å²) < 4.78 is 16.9. The third kappa shape index (κ3) is 3.95. The maximum atomic E-state index is 13.7. The number of nitrogens with zero attached hydrogens (tertiary/aromatic N) is 1. The number of methoxy groups -OCH3 is 1. The zero-order valence-electron chi connectivity index (χ0n) is 20.9. The molecule has 1 aromatic rings. The van der Waals surface area contributed by atoms with Gasteiger partial charge in [-0.25, -0.2) is 4.79 Å². The van der Waals surface area contributed by atoms with Crippen molar-refractivity contribution >= 4 is 17.7 Å². The highest BCUT2D eigenvalue weighted by molar-refractivity contribution is 5.96. The lowest BCUT2D eigenvalue weighted by Gasteiger charge is -2.38. The van der Waals surface area contributed by atoms with Crippen LogP contribution in [-0.4, -0.2) is 43.0 Å². The summed E-state index contributed by atoms with van der Waals surface area (Å²) in [4.78, 5) is 31.7. The first-order valence-corrected chi connectivity index (χ1v) is 12.0. The van der Waals surface area contributed by atoms with Crippen molar-refractivity contribution in [2.75, 3.05) is 13.7 Å². The van der Waals surface area contributed by atoms with Crippen LogP contribution in [0, 0.1) is 22.7 Å². The minimum atomic E-state index is -0.847. The molecule has 2 saturated carbocycles. The van der Waals surface area contributed by atoms with Gasteiger partial charge in [-0.2, -0.15) is 0 Å². The van der Waals surface area contributed by atoms with E-state index in [0.717, 1.165) is 24.1 Å². The van der Waals surface area contributed by atoms with Gasteiger partial charge in [0, 0.05) is 22.6 Å². The smallest absolute Gasteiger partial charge is 0.332 e. The largest absolute Gasteiger partial charge is 0.492 e. The molecular formula is C27H37NO5. The highest BCUT2D eigenvalue weighted by atomic mass is 16.6. The molecule has 3 unspecified atom stereocenters. The first-order chi connectivity index (χ1) is 15.4. The zero-order valence-corrected chi connectivity index (χ0v) is 20.9. The Morgan fingerprint density at radius 2 is 1.88 bits per heavy atom. The fourth-order valence-corrected chi connectivity index (χ4v) is 6.08. The zero-order chi connectivity index (χ0) is 24.2. The number of carbonyl (C=O) groups is 2. The van der Waals surface area contributed by atoms with E-state index in [2.05, 4.69) is 20.8 Å². The number of hydrogen-bond donors (Lipinski definition) is 0.